The van der Waals surface area contributed by atoms with Gasteiger partial charge in [-0.3, -0.25) is 4.79 Å². The molecule has 0 aliphatic carbocycles. The largest absolute Gasteiger partial charge is 0.334 e. The predicted molar refractivity (Wildman–Crippen MR) is 84.5 cm³/mol. The van der Waals surface area contributed by atoms with Gasteiger partial charge in [-0.25, -0.2) is 0 Å². The van der Waals surface area contributed by atoms with Crippen LogP contribution in [0.15, 0.2) is 18.2 Å². The number of hydrogen-bond acceptors (Lipinski definition) is 2. The molecule has 0 bridgehead atoms. The molecule has 1 aromatic rings. The Hall–Kier alpha value is -0.0400. The molecule has 1 saturated heterocycles. The molecule has 18 heavy (non-hydrogen) atoms. The number of amides is 1. The molecule has 1 atom stereocenters. The average molecular weight is 401 g/mol. The third kappa shape index (κ3) is 3.29. The van der Waals surface area contributed by atoms with Gasteiger partial charge in [0.1, 0.15) is 0 Å². The Balaban J connectivity index is 0.00000162. The molecular formula is C12H15Cl2IN2O. The lowest BCUT2D eigenvalue weighted by Crippen LogP contribution is -2.40. The Bertz CT molecular complexity index is 442. The van der Waals surface area contributed by atoms with E-state index in [2.05, 4.69) is 22.6 Å². The van der Waals surface area contributed by atoms with E-state index in [0.29, 0.717) is 17.1 Å². The van der Waals surface area contributed by atoms with E-state index in [0.717, 1.165) is 23.0 Å². The molecule has 6 heteroatoms. The Morgan fingerprint density at radius 2 is 2.28 bits per heavy atom. The fourth-order valence-electron chi connectivity index (χ4n) is 2.17. The second kappa shape index (κ2) is 6.93. The van der Waals surface area contributed by atoms with Crippen LogP contribution in [0.2, 0.25) is 5.02 Å². The molecule has 1 unspecified atom stereocenters. The third-order valence-electron chi connectivity index (χ3n) is 3.07. The van der Waals surface area contributed by atoms with E-state index in [1.54, 1.807) is 6.07 Å². The summed E-state index contributed by atoms with van der Waals surface area (Å²) in [6.45, 7) is 1.30. The monoisotopic (exact) mass is 400 g/mol. The normalized spacial score (nSPS) is 18.6. The van der Waals surface area contributed by atoms with Crippen molar-refractivity contribution in [1.29, 1.82) is 0 Å². The van der Waals surface area contributed by atoms with Gasteiger partial charge in [0.15, 0.2) is 0 Å². The summed E-state index contributed by atoms with van der Waals surface area (Å²) in [5, 5.41) is 0.518. The lowest BCUT2D eigenvalue weighted by Gasteiger charge is -2.23. The third-order valence-corrected chi connectivity index (χ3v) is 4.06. The maximum Gasteiger partial charge on any atom is 0.255 e. The first-order chi connectivity index (χ1) is 8.13. The summed E-state index contributed by atoms with van der Waals surface area (Å²) in [7, 11) is 0. The maximum atomic E-state index is 12.3. The summed E-state index contributed by atoms with van der Waals surface area (Å²) < 4.78 is 1.03. The highest BCUT2D eigenvalue weighted by Crippen LogP contribution is 2.24. The molecule has 2 rings (SSSR count). The molecule has 100 valence electrons. The number of carbonyl (C=O) groups excluding carboxylic acids is 1. The second-order valence-electron chi connectivity index (χ2n) is 4.15. The number of nitrogens with zero attached hydrogens (tertiary/aromatic N) is 1. The number of benzene rings is 1. The van der Waals surface area contributed by atoms with Crippen molar-refractivity contribution >= 4 is 52.5 Å². The van der Waals surface area contributed by atoms with E-state index in [9.17, 15) is 4.79 Å². The summed E-state index contributed by atoms with van der Waals surface area (Å²) >= 11 is 8.29. The molecule has 3 nitrogen and oxygen atoms in total. The summed E-state index contributed by atoms with van der Waals surface area (Å²) in [6.07, 6.45) is 2.01. The number of hydrogen-bond donors (Lipinski definition) is 1. The zero-order valence-electron chi connectivity index (χ0n) is 9.73. The van der Waals surface area contributed by atoms with Gasteiger partial charge in [0.25, 0.3) is 5.91 Å². The van der Waals surface area contributed by atoms with Gasteiger partial charge < -0.3 is 10.6 Å². The minimum absolute atomic E-state index is 0. The van der Waals surface area contributed by atoms with Crippen molar-refractivity contribution in [2.45, 2.75) is 18.9 Å². The van der Waals surface area contributed by atoms with Gasteiger partial charge in [0.2, 0.25) is 0 Å². The van der Waals surface area contributed by atoms with Crippen LogP contribution >= 0.6 is 46.6 Å². The van der Waals surface area contributed by atoms with E-state index in [-0.39, 0.29) is 24.4 Å². The van der Waals surface area contributed by atoms with Gasteiger partial charge in [-0.05, 0) is 53.6 Å². The molecule has 1 fully saturated rings. The molecule has 2 N–H and O–H groups in total. The van der Waals surface area contributed by atoms with Crippen LogP contribution in [0.1, 0.15) is 23.2 Å². The summed E-state index contributed by atoms with van der Waals surface area (Å²) in [4.78, 5) is 14.2. The van der Waals surface area contributed by atoms with Gasteiger partial charge >= 0.3 is 0 Å². The first kappa shape index (κ1) is 16.0. The smallest absolute Gasteiger partial charge is 0.255 e. The number of carbonyl (C=O) groups is 1. The Kier molecular flexibility index (Phi) is 6.17. The lowest BCUT2D eigenvalue weighted by atomic mass is 10.1. The lowest BCUT2D eigenvalue weighted by molar-refractivity contribution is 0.0741. The standard InChI is InChI=1S/C12H14ClIN2O.ClH/c13-11-6-8(14)3-4-10(11)12(17)16-5-1-2-9(16)7-15;/h3-4,6,9H,1-2,5,7,15H2;1H. The van der Waals surface area contributed by atoms with E-state index in [1.165, 1.54) is 0 Å². The Morgan fingerprint density at radius 1 is 1.56 bits per heavy atom. The van der Waals surface area contributed by atoms with Crippen molar-refractivity contribution in [2.75, 3.05) is 13.1 Å². The molecule has 0 radical (unpaired) electrons. The van der Waals surface area contributed by atoms with Crippen LogP contribution in [0.4, 0.5) is 0 Å². The second-order valence-corrected chi connectivity index (χ2v) is 5.81. The topological polar surface area (TPSA) is 46.3 Å². The van der Waals surface area contributed by atoms with Crippen molar-refractivity contribution in [3.8, 4) is 0 Å². The van der Waals surface area contributed by atoms with Gasteiger partial charge in [0, 0.05) is 22.7 Å². The van der Waals surface area contributed by atoms with Crippen molar-refractivity contribution in [2.24, 2.45) is 5.73 Å². The molecule has 0 aromatic heterocycles. The average Bonchev–Trinajstić information content (AvgIpc) is 2.76. The van der Waals surface area contributed by atoms with Crippen LogP contribution in [0.25, 0.3) is 0 Å². The highest BCUT2D eigenvalue weighted by Gasteiger charge is 2.29. The highest BCUT2D eigenvalue weighted by atomic mass is 127. The predicted octanol–water partition coefficient (Wildman–Crippen LogP) is 2.93. The SMILES string of the molecule is Cl.NCC1CCCN1C(=O)c1ccc(I)cc1Cl. The zero-order chi connectivity index (χ0) is 12.4. The molecule has 0 saturated carbocycles. The van der Waals surface area contributed by atoms with Crippen molar-refractivity contribution < 1.29 is 4.79 Å². The Morgan fingerprint density at radius 3 is 2.89 bits per heavy atom. The van der Waals surface area contributed by atoms with Gasteiger partial charge in [-0.2, -0.15) is 0 Å². The Labute approximate surface area is 132 Å². The maximum absolute atomic E-state index is 12.3. The van der Waals surface area contributed by atoms with Gasteiger partial charge in [0.05, 0.1) is 10.6 Å². The minimum Gasteiger partial charge on any atom is -0.334 e. The number of likely N-dealkylation sites (tertiary alicyclic amines) is 1. The van der Waals surface area contributed by atoms with Gasteiger partial charge in [-0.15, -0.1) is 12.4 Å². The highest BCUT2D eigenvalue weighted by molar-refractivity contribution is 14.1. The van der Waals surface area contributed by atoms with E-state index < -0.39 is 0 Å². The number of rotatable bonds is 2. The molecule has 1 aromatic carbocycles. The van der Waals surface area contributed by atoms with E-state index >= 15 is 0 Å². The van der Waals surface area contributed by atoms with Crippen molar-refractivity contribution in [3.05, 3.63) is 32.4 Å². The molecule has 0 spiro atoms. The molecular weight excluding hydrogens is 386 g/mol. The van der Waals surface area contributed by atoms with Crippen molar-refractivity contribution in [3.63, 3.8) is 0 Å². The van der Waals surface area contributed by atoms with Crippen LogP contribution in [-0.4, -0.2) is 29.9 Å². The zero-order valence-corrected chi connectivity index (χ0v) is 13.5. The van der Waals surface area contributed by atoms with Crippen LogP contribution in [0.5, 0.6) is 0 Å². The molecule has 1 aliphatic heterocycles. The quantitative estimate of drug-likeness (QED) is 0.775. The fourth-order valence-corrected chi connectivity index (χ4v) is 3.10. The van der Waals surface area contributed by atoms with Crippen LogP contribution in [0, 0.1) is 3.57 Å². The van der Waals surface area contributed by atoms with E-state index in [4.69, 9.17) is 17.3 Å². The van der Waals surface area contributed by atoms with Crippen LogP contribution < -0.4 is 5.73 Å². The molecule has 1 amide bonds. The molecule has 1 heterocycles. The van der Waals surface area contributed by atoms with Crippen molar-refractivity contribution in [1.82, 2.24) is 4.90 Å². The fraction of sp³-hybridized carbons (Fsp3) is 0.417. The summed E-state index contributed by atoms with van der Waals surface area (Å²) in [6, 6.07) is 5.66. The minimum atomic E-state index is -0.000602. The summed E-state index contributed by atoms with van der Waals surface area (Å²) in [5.41, 5.74) is 6.25. The number of nitrogens with two attached hydrogens (primary N) is 1. The summed E-state index contributed by atoms with van der Waals surface area (Å²) in [5.74, 6) is -0.000602. The van der Waals surface area contributed by atoms with Crippen LogP contribution in [0.3, 0.4) is 0 Å². The molecule has 1 aliphatic rings. The van der Waals surface area contributed by atoms with Crippen LogP contribution in [-0.2, 0) is 0 Å². The number of halogens is 3. The van der Waals surface area contributed by atoms with E-state index in [1.807, 2.05) is 17.0 Å². The first-order valence-electron chi connectivity index (χ1n) is 5.59. The first-order valence-corrected chi connectivity index (χ1v) is 7.05. The van der Waals surface area contributed by atoms with Gasteiger partial charge in [-0.1, -0.05) is 11.6 Å².